The van der Waals surface area contributed by atoms with E-state index in [2.05, 4.69) is 16.1 Å². The van der Waals surface area contributed by atoms with Crippen molar-refractivity contribution in [2.75, 3.05) is 0 Å². The van der Waals surface area contributed by atoms with E-state index in [1.807, 2.05) is 31.4 Å². The molecule has 1 unspecified atom stereocenters. The van der Waals surface area contributed by atoms with Crippen LogP contribution in [-0.4, -0.2) is 21.6 Å². The van der Waals surface area contributed by atoms with Crippen LogP contribution in [0, 0.1) is 7.43 Å². The van der Waals surface area contributed by atoms with Gasteiger partial charge >= 0.3 is 0 Å². The predicted octanol–water partition coefficient (Wildman–Crippen LogP) is 1.59. The zero-order chi connectivity index (χ0) is 13.4. The van der Waals surface area contributed by atoms with Crippen LogP contribution in [0.4, 0.5) is 0 Å². The smallest absolute Gasteiger partial charge is 0.235 e. The van der Waals surface area contributed by atoms with Gasteiger partial charge in [0.15, 0.2) is 0 Å². The Labute approximate surface area is 117 Å². The van der Waals surface area contributed by atoms with Crippen LogP contribution < -0.4 is 5.32 Å². The Hall–Kier alpha value is -3.39. The van der Waals surface area contributed by atoms with E-state index in [0.29, 0.717) is 12.8 Å². The van der Waals surface area contributed by atoms with Gasteiger partial charge in [0.25, 0.3) is 0 Å². The average Bonchev–Trinajstić information content (AvgIpc) is 2.56. The summed E-state index contributed by atoms with van der Waals surface area (Å²) in [7, 11) is 1.84. The average molecular weight is 532 g/mol. The van der Waals surface area contributed by atoms with E-state index < -0.39 is 0 Å². The second-order valence-electron chi connectivity index (χ2n) is 4.65. The minimum absolute atomic E-state index is 0. The summed E-state index contributed by atoms with van der Waals surface area (Å²) in [5.41, 5.74) is 5.61. The van der Waals surface area contributed by atoms with Crippen LogP contribution in [0.5, 0.6) is 0 Å². The molecule has 2 aliphatic rings. The molecule has 1 aliphatic carbocycles. The number of piperidine rings is 1. The third kappa shape index (κ3) is 2.51. The SMILES string of the molecule is Cn1nc(C2CCC(=O)NC2=O)c2c1C=C=CC=C2.[CH3-].[Lr]. The Morgan fingerprint density at radius 1 is 1.43 bits per heavy atom. The largest absolute Gasteiger partial charge is 0.358 e. The molecule has 2 heterocycles. The van der Waals surface area contributed by atoms with Crippen molar-refractivity contribution < 1.29 is 9.59 Å². The van der Waals surface area contributed by atoms with E-state index >= 15 is 0 Å². The number of allylic oxidation sites excluding steroid dienone is 2. The second-order valence-corrected chi connectivity index (χ2v) is 4.65. The van der Waals surface area contributed by atoms with Gasteiger partial charge in [-0.2, -0.15) is 5.10 Å². The maximum absolute atomic E-state index is 11.9. The Balaban J connectivity index is 0.00000110. The molecule has 1 atom stereocenters. The molecule has 1 N–H and O–H groups in total. The number of fused-ring (bicyclic) bond motifs is 1. The molecule has 1 aromatic heterocycles. The molecule has 0 spiro atoms. The fourth-order valence-electron chi connectivity index (χ4n) is 2.46. The van der Waals surface area contributed by atoms with Crippen molar-refractivity contribution in [1.29, 1.82) is 0 Å². The maximum atomic E-state index is 11.9. The fourth-order valence-corrected chi connectivity index (χ4v) is 2.46. The molecular weight excluding hydrogens is 516 g/mol. The molecule has 21 heavy (non-hydrogen) atoms. The van der Waals surface area contributed by atoms with E-state index in [1.165, 1.54) is 0 Å². The summed E-state index contributed by atoms with van der Waals surface area (Å²) in [5.74, 6) is -0.823. The number of aromatic nitrogens is 2. The summed E-state index contributed by atoms with van der Waals surface area (Å²) >= 11 is 0. The molecule has 2 amide bonds. The Morgan fingerprint density at radius 2 is 2.19 bits per heavy atom. The van der Waals surface area contributed by atoms with Crippen LogP contribution in [0.25, 0.3) is 12.2 Å². The number of carbonyl (C=O) groups excluding carboxylic acids is 2. The molecule has 6 heteroatoms. The molecule has 1 radical (unpaired) electrons. The molecule has 5 nitrogen and oxygen atoms in total. The topological polar surface area (TPSA) is 64.0 Å². The number of imide groups is 1. The van der Waals surface area contributed by atoms with Gasteiger partial charge in [-0.1, -0.05) is 12.2 Å². The summed E-state index contributed by atoms with van der Waals surface area (Å²) in [5, 5.41) is 6.82. The van der Waals surface area contributed by atoms with Gasteiger partial charge in [-0.25, -0.2) is 0 Å². The van der Waals surface area contributed by atoms with E-state index in [4.69, 9.17) is 0 Å². The third-order valence-corrected chi connectivity index (χ3v) is 3.40. The Morgan fingerprint density at radius 3 is 2.90 bits per heavy atom. The normalized spacial score (nSPS) is 19.2. The van der Waals surface area contributed by atoms with Crippen molar-refractivity contribution in [3.63, 3.8) is 0 Å². The van der Waals surface area contributed by atoms with Crippen LogP contribution in [0.2, 0.25) is 0 Å². The first-order valence-corrected chi connectivity index (χ1v) is 6.16. The number of nitrogens with one attached hydrogen (secondary N) is 1. The van der Waals surface area contributed by atoms with E-state index in [9.17, 15) is 9.59 Å². The number of aryl methyl sites for hydroxylation is 1. The van der Waals surface area contributed by atoms with Crippen molar-refractivity contribution in [3.05, 3.63) is 42.3 Å². The Kier molecular flexibility index (Phi) is 4.26. The monoisotopic (exact) mass is 532 g/mol. The number of hydrogen-bond donors (Lipinski definition) is 1. The number of hydrogen-bond acceptors (Lipinski definition) is 3. The van der Waals surface area contributed by atoms with Gasteiger partial charge in [0.2, 0.25) is 11.8 Å². The molecule has 119 valence electrons. The first-order valence-electron chi connectivity index (χ1n) is 6.16. The second kappa shape index (κ2) is 5.72. The van der Waals surface area contributed by atoms with Gasteiger partial charge in [-0.3, -0.25) is 19.6 Å². The van der Waals surface area contributed by atoms with Gasteiger partial charge < -0.3 is 7.43 Å². The van der Waals surface area contributed by atoms with Crippen molar-refractivity contribution in [3.8, 4) is 0 Å². The summed E-state index contributed by atoms with van der Waals surface area (Å²) in [4.78, 5) is 23.2. The minimum atomic E-state index is -0.358. The summed E-state index contributed by atoms with van der Waals surface area (Å²) in [6, 6.07) is 0. The van der Waals surface area contributed by atoms with Crippen LogP contribution >= 0.6 is 0 Å². The van der Waals surface area contributed by atoms with E-state index in [0.717, 1.165) is 17.0 Å². The van der Waals surface area contributed by atoms with Gasteiger partial charge in [-0.05, 0) is 12.5 Å². The molecule has 1 aromatic rings. The zero-order valence-electron chi connectivity index (χ0n) is 11.8. The number of rotatable bonds is 1. The fraction of sp³-hybridized carbons (Fsp3) is 0.267. The van der Waals surface area contributed by atoms with Gasteiger partial charge in [0.05, 0.1) is 17.3 Å². The van der Waals surface area contributed by atoms with Gasteiger partial charge in [0, 0.05) is 25.1 Å². The predicted molar refractivity (Wildman–Crippen MR) is 76.3 cm³/mol. The number of carbonyl (C=O) groups is 2. The first kappa shape index (κ1) is 15.7. The summed E-state index contributed by atoms with van der Waals surface area (Å²) in [6.45, 7) is 0. The van der Waals surface area contributed by atoms with Gasteiger partial charge in [-0.15, -0.1) is 5.73 Å². The number of nitrogens with zero attached hydrogens (tertiary/aromatic N) is 2. The molecule has 1 saturated heterocycles. The summed E-state index contributed by atoms with van der Waals surface area (Å²) in [6.07, 6.45) is 8.34. The van der Waals surface area contributed by atoms with Crippen LogP contribution in [0.3, 0.4) is 0 Å². The number of amides is 2. The molecule has 1 fully saturated rings. The van der Waals surface area contributed by atoms with Crippen LogP contribution in [-0.2, 0) is 16.6 Å². The molecular formula is C15H16LrN3O2-. The van der Waals surface area contributed by atoms with Crippen molar-refractivity contribution >= 4 is 24.0 Å². The third-order valence-electron chi connectivity index (χ3n) is 3.40. The molecule has 1 aliphatic heterocycles. The minimum Gasteiger partial charge on any atom is -0.358 e. The van der Waals surface area contributed by atoms with Crippen molar-refractivity contribution in [2.24, 2.45) is 7.05 Å². The van der Waals surface area contributed by atoms with Crippen LogP contribution in [0.1, 0.15) is 35.7 Å². The molecule has 3 rings (SSSR count). The van der Waals surface area contributed by atoms with E-state index in [1.54, 1.807) is 4.68 Å². The van der Waals surface area contributed by atoms with E-state index in [-0.39, 0.29) is 25.2 Å². The maximum Gasteiger partial charge on any atom is 0.235 e. The molecule has 0 aromatic carbocycles. The van der Waals surface area contributed by atoms with Crippen molar-refractivity contribution in [2.45, 2.75) is 18.8 Å². The quantitative estimate of drug-likeness (QED) is 0.340. The summed E-state index contributed by atoms with van der Waals surface area (Å²) < 4.78 is 1.74. The first-order chi connectivity index (χ1) is 9.16. The van der Waals surface area contributed by atoms with Crippen LogP contribution in [0.15, 0.2) is 17.9 Å². The molecule has 0 saturated carbocycles. The Bertz CT molecular complexity index is 667. The van der Waals surface area contributed by atoms with Gasteiger partial charge in [0.1, 0.15) is 0 Å². The standard InChI is InChI=1S/C14H13N3O2.CH3.Lr/c1-17-11-6-4-2-3-5-9(11)13(16-17)10-7-8-12(18)15-14(10)19;;/h2-3,5-6,10H,7-8H2,1H3,(H,15,18,19);1H3;/q;-1;. The van der Waals surface area contributed by atoms with Crippen molar-refractivity contribution in [1.82, 2.24) is 15.1 Å². The zero-order valence-corrected chi connectivity index (χ0v) is 13.9. The molecule has 0 bridgehead atoms.